The summed E-state index contributed by atoms with van der Waals surface area (Å²) in [5, 5.41) is 3.33. The standard InChI is InChI=1S/C26H34N2O2S/c1-31-24-10-6-5-7-22(24)20-28-15-11-21(12-16-28)19-27-25(29)26(13-17-30-18-14-26)23-8-3-2-4-9-23/h2-10,21H,11-20H2,1H3,(H,27,29). The van der Waals surface area contributed by atoms with Crippen LogP contribution in [0.3, 0.4) is 0 Å². The second kappa shape index (κ2) is 10.7. The SMILES string of the molecule is CSc1ccccc1CN1CCC(CNC(=O)C2(c3ccccc3)CCOCC2)CC1. The molecule has 2 fully saturated rings. The molecule has 2 aromatic carbocycles. The van der Waals surface area contributed by atoms with Crippen molar-refractivity contribution in [2.75, 3.05) is 39.1 Å². The quantitative estimate of drug-likeness (QED) is 0.647. The van der Waals surface area contributed by atoms with Gasteiger partial charge in [-0.05, 0) is 68.1 Å². The number of nitrogens with one attached hydrogen (secondary N) is 1. The summed E-state index contributed by atoms with van der Waals surface area (Å²) in [6.45, 7) is 5.30. The van der Waals surface area contributed by atoms with Gasteiger partial charge in [0.2, 0.25) is 5.91 Å². The Labute approximate surface area is 190 Å². The molecule has 1 N–H and O–H groups in total. The van der Waals surface area contributed by atoms with Crippen LogP contribution in [0.25, 0.3) is 0 Å². The zero-order chi connectivity index (χ0) is 21.5. The van der Waals surface area contributed by atoms with E-state index in [0.717, 1.165) is 57.4 Å². The largest absolute Gasteiger partial charge is 0.381 e. The zero-order valence-corrected chi connectivity index (χ0v) is 19.3. The molecule has 5 heteroatoms. The minimum Gasteiger partial charge on any atom is -0.381 e. The molecule has 2 heterocycles. The van der Waals surface area contributed by atoms with Crippen LogP contribution in [0.2, 0.25) is 0 Å². The van der Waals surface area contributed by atoms with Crippen molar-refractivity contribution < 1.29 is 9.53 Å². The second-order valence-electron chi connectivity index (χ2n) is 8.80. The van der Waals surface area contributed by atoms with Crippen molar-refractivity contribution in [3.05, 3.63) is 65.7 Å². The number of carbonyl (C=O) groups is 1. The van der Waals surface area contributed by atoms with Crippen LogP contribution >= 0.6 is 11.8 Å². The Morgan fingerprint density at radius 3 is 2.45 bits per heavy atom. The molecule has 31 heavy (non-hydrogen) atoms. The van der Waals surface area contributed by atoms with Gasteiger partial charge < -0.3 is 10.1 Å². The van der Waals surface area contributed by atoms with Crippen molar-refractivity contribution in [1.29, 1.82) is 0 Å². The highest BCUT2D eigenvalue weighted by Crippen LogP contribution is 2.35. The van der Waals surface area contributed by atoms with Crippen LogP contribution in [-0.4, -0.2) is 49.9 Å². The Kier molecular flexibility index (Phi) is 7.70. The number of carbonyl (C=O) groups excluding carboxylic acids is 1. The Morgan fingerprint density at radius 2 is 1.74 bits per heavy atom. The summed E-state index contributed by atoms with van der Waals surface area (Å²) in [6.07, 6.45) is 5.95. The molecule has 1 amide bonds. The molecule has 0 spiro atoms. The number of benzene rings is 2. The molecule has 0 bridgehead atoms. The maximum atomic E-state index is 13.4. The van der Waals surface area contributed by atoms with Gasteiger partial charge in [0.1, 0.15) is 0 Å². The first-order chi connectivity index (χ1) is 15.2. The first kappa shape index (κ1) is 22.4. The number of thioether (sulfide) groups is 1. The van der Waals surface area contributed by atoms with E-state index in [2.05, 4.69) is 52.9 Å². The monoisotopic (exact) mass is 438 g/mol. The van der Waals surface area contributed by atoms with E-state index in [1.54, 1.807) is 0 Å². The Morgan fingerprint density at radius 1 is 1.06 bits per heavy atom. The molecule has 0 unspecified atom stereocenters. The maximum Gasteiger partial charge on any atom is 0.230 e. The zero-order valence-electron chi connectivity index (χ0n) is 18.5. The average Bonchev–Trinajstić information content (AvgIpc) is 2.84. The molecule has 2 saturated heterocycles. The molecule has 166 valence electrons. The number of ether oxygens (including phenoxy) is 1. The molecule has 2 aromatic rings. The van der Waals surface area contributed by atoms with Gasteiger partial charge in [0.05, 0.1) is 5.41 Å². The molecule has 0 aliphatic carbocycles. The smallest absolute Gasteiger partial charge is 0.230 e. The van der Waals surface area contributed by atoms with E-state index in [0.29, 0.717) is 19.1 Å². The lowest BCUT2D eigenvalue weighted by molar-refractivity contribution is -0.130. The van der Waals surface area contributed by atoms with Gasteiger partial charge in [-0.2, -0.15) is 0 Å². The number of amides is 1. The van der Waals surface area contributed by atoms with E-state index < -0.39 is 5.41 Å². The van der Waals surface area contributed by atoms with Gasteiger partial charge in [-0.1, -0.05) is 48.5 Å². The molecular weight excluding hydrogens is 404 g/mol. The van der Waals surface area contributed by atoms with Crippen molar-refractivity contribution in [3.63, 3.8) is 0 Å². The van der Waals surface area contributed by atoms with Crippen LogP contribution in [-0.2, 0) is 21.5 Å². The van der Waals surface area contributed by atoms with Gasteiger partial charge in [0.25, 0.3) is 0 Å². The third-order valence-electron chi connectivity index (χ3n) is 6.95. The highest BCUT2D eigenvalue weighted by molar-refractivity contribution is 7.98. The predicted molar refractivity (Wildman–Crippen MR) is 127 cm³/mol. The Bertz CT molecular complexity index is 843. The summed E-state index contributed by atoms with van der Waals surface area (Å²) < 4.78 is 5.58. The number of piperidine rings is 1. The fourth-order valence-electron chi connectivity index (χ4n) is 4.95. The van der Waals surface area contributed by atoms with Gasteiger partial charge in [0.15, 0.2) is 0 Å². The molecule has 0 radical (unpaired) electrons. The van der Waals surface area contributed by atoms with Crippen LogP contribution in [0, 0.1) is 5.92 Å². The summed E-state index contributed by atoms with van der Waals surface area (Å²) in [5.74, 6) is 0.738. The number of hydrogen-bond acceptors (Lipinski definition) is 4. The lowest BCUT2D eigenvalue weighted by atomic mass is 9.73. The predicted octanol–water partition coefficient (Wildman–Crippen LogP) is 4.49. The highest BCUT2D eigenvalue weighted by Gasteiger charge is 2.41. The van der Waals surface area contributed by atoms with E-state index in [9.17, 15) is 4.79 Å². The first-order valence-electron chi connectivity index (χ1n) is 11.5. The van der Waals surface area contributed by atoms with Crippen LogP contribution in [0.4, 0.5) is 0 Å². The van der Waals surface area contributed by atoms with Crippen LogP contribution in [0.1, 0.15) is 36.8 Å². The molecule has 0 saturated carbocycles. The third kappa shape index (κ3) is 5.33. The van der Waals surface area contributed by atoms with Gasteiger partial charge in [-0.3, -0.25) is 9.69 Å². The fourth-order valence-corrected chi connectivity index (χ4v) is 5.56. The van der Waals surface area contributed by atoms with E-state index in [1.807, 2.05) is 30.0 Å². The summed E-state index contributed by atoms with van der Waals surface area (Å²) in [6, 6.07) is 19.0. The molecule has 2 aliphatic heterocycles. The second-order valence-corrected chi connectivity index (χ2v) is 9.65. The van der Waals surface area contributed by atoms with Crippen molar-refractivity contribution in [3.8, 4) is 0 Å². The van der Waals surface area contributed by atoms with E-state index in [-0.39, 0.29) is 5.91 Å². The van der Waals surface area contributed by atoms with E-state index in [1.165, 1.54) is 10.5 Å². The highest BCUT2D eigenvalue weighted by atomic mass is 32.2. The van der Waals surface area contributed by atoms with Crippen LogP contribution in [0.15, 0.2) is 59.5 Å². The summed E-state index contributed by atoms with van der Waals surface area (Å²) >= 11 is 1.82. The molecule has 2 aliphatic rings. The van der Waals surface area contributed by atoms with Crippen LogP contribution < -0.4 is 5.32 Å². The minimum absolute atomic E-state index is 0.179. The third-order valence-corrected chi connectivity index (χ3v) is 7.79. The molecule has 4 nitrogen and oxygen atoms in total. The molecule has 0 aromatic heterocycles. The van der Waals surface area contributed by atoms with Crippen molar-refractivity contribution in [2.45, 2.75) is 42.5 Å². The maximum absolute atomic E-state index is 13.4. The van der Waals surface area contributed by atoms with Gasteiger partial charge in [0, 0.05) is 31.2 Å². The Hall–Kier alpha value is -1.82. The fraction of sp³-hybridized carbons (Fsp3) is 0.500. The average molecular weight is 439 g/mol. The van der Waals surface area contributed by atoms with Gasteiger partial charge in [-0.25, -0.2) is 0 Å². The molecule has 4 rings (SSSR count). The van der Waals surface area contributed by atoms with Crippen molar-refractivity contribution in [2.24, 2.45) is 5.92 Å². The first-order valence-corrected chi connectivity index (χ1v) is 12.7. The number of rotatable bonds is 7. The number of nitrogens with zero attached hydrogens (tertiary/aromatic N) is 1. The van der Waals surface area contributed by atoms with Crippen molar-refractivity contribution in [1.82, 2.24) is 10.2 Å². The Balaban J connectivity index is 1.30. The minimum atomic E-state index is -0.443. The number of likely N-dealkylation sites (tertiary alicyclic amines) is 1. The van der Waals surface area contributed by atoms with Crippen molar-refractivity contribution >= 4 is 17.7 Å². The summed E-state index contributed by atoms with van der Waals surface area (Å²) in [4.78, 5) is 17.3. The van der Waals surface area contributed by atoms with Gasteiger partial charge >= 0.3 is 0 Å². The summed E-state index contributed by atoms with van der Waals surface area (Å²) in [5.41, 5.74) is 2.10. The molecule has 0 atom stereocenters. The lowest BCUT2D eigenvalue weighted by Gasteiger charge is -2.37. The van der Waals surface area contributed by atoms with E-state index >= 15 is 0 Å². The topological polar surface area (TPSA) is 41.6 Å². The lowest BCUT2D eigenvalue weighted by Crippen LogP contribution is -2.49. The van der Waals surface area contributed by atoms with Gasteiger partial charge in [-0.15, -0.1) is 11.8 Å². The number of hydrogen-bond donors (Lipinski definition) is 1. The normalized spacial score (nSPS) is 19.8. The van der Waals surface area contributed by atoms with E-state index in [4.69, 9.17) is 4.74 Å². The summed E-state index contributed by atoms with van der Waals surface area (Å²) in [7, 11) is 0. The molecular formula is C26H34N2O2S. The van der Waals surface area contributed by atoms with Crippen LogP contribution in [0.5, 0.6) is 0 Å².